The van der Waals surface area contributed by atoms with Crippen LogP contribution in [0.15, 0.2) is 24.3 Å². The molecule has 1 saturated carbocycles. The van der Waals surface area contributed by atoms with Gasteiger partial charge < -0.3 is 9.47 Å². The van der Waals surface area contributed by atoms with E-state index in [-0.39, 0.29) is 11.9 Å². The van der Waals surface area contributed by atoms with Gasteiger partial charge in [-0.25, -0.2) is 0 Å². The molecule has 112 valence electrons. The topological polar surface area (TPSA) is 81.7 Å². The maximum atomic E-state index is 11.8. The summed E-state index contributed by atoms with van der Waals surface area (Å²) in [5, 5.41) is 2.17. The molecule has 6 nitrogen and oxygen atoms in total. The van der Waals surface area contributed by atoms with Crippen molar-refractivity contribution in [3.8, 4) is 5.75 Å². The zero-order valence-corrected chi connectivity index (χ0v) is 11.8. The van der Waals surface area contributed by atoms with Crippen molar-refractivity contribution in [3.63, 3.8) is 0 Å². The van der Waals surface area contributed by atoms with E-state index in [1.807, 2.05) is 0 Å². The Labute approximate surface area is 122 Å². The maximum Gasteiger partial charge on any atom is 0.309 e. The highest BCUT2D eigenvalue weighted by molar-refractivity contribution is 6.05. The van der Waals surface area contributed by atoms with Gasteiger partial charge in [-0.05, 0) is 37.1 Å². The number of carbonyl (C=O) groups excluding carboxylic acids is 3. The SMILES string of the molecule is COc1ccc(C(=O)NC(=O)COC(=O)C2CCC2)cc1. The van der Waals surface area contributed by atoms with Crippen LogP contribution in [0.25, 0.3) is 0 Å². The molecule has 2 amide bonds. The molecular weight excluding hydrogens is 274 g/mol. The number of imide groups is 1. The summed E-state index contributed by atoms with van der Waals surface area (Å²) >= 11 is 0. The number of carbonyl (C=O) groups is 3. The van der Waals surface area contributed by atoms with Crippen LogP contribution in [-0.2, 0) is 14.3 Å². The van der Waals surface area contributed by atoms with E-state index >= 15 is 0 Å². The van der Waals surface area contributed by atoms with E-state index in [4.69, 9.17) is 9.47 Å². The molecule has 0 saturated heterocycles. The van der Waals surface area contributed by atoms with Gasteiger partial charge in [0.2, 0.25) is 0 Å². The molecule has 1 aliphatic carbocycles. The first-order chi connectivity index (χ1) is 10.1. The third kappa shape index (κ3) is 4.05. The molecular formula is C15H17NO5. The molecule has 0 aliphatic heterocycles. The van der Waals surface area contributed by atoms with Crippen LogP contribution in [0.1, 0.15) is 29.6 Å². The molecule has 0 heterocycles. The Morgan fingerprint density at radius 1 is 1.19 bits per heavy atom. The van der Waals surface area contributed by atoms with Crippen LogP contribution in [0.5, 0.6) is 5.75 Å². The van der Waals surface area contributed by atoms with Gasteiger partial charge in [0.15, 0.2) is 6.61 Å². The van der Waals surface area contributed by atoms with Crippen molar-refractivity contribution in [1.29, 1.82) is 0 Å². The molecule has 1 aliphatic rings. The highest BCUT2D eigenvalue weighted by Gasteiger charge is 2.27. The molecule has 1 N–H and O–H groups in total. The van der Waals surface area contributed by atoms with Gasteiger partial charge in [0, 0.05) is 5.56 Å². The fraction of sp³-hybridized carbons (Fsp3) is 0.400. The summed E-state index contributed by atoms with van der Waals surface area (Å²) in [6.07, 6.45) is 2.64. The second-order valence-corrected chi connectivity index (χ2v) is 4.84. The number of nitrogens with one attached hydrogen (secondary N) is 1. The Balaban J connectivity index is 1.78. The van der Waals surface area contributed by atoms with Crippen LogP contribution in [0, 0.1) is 5.92 Å². The second kappa shape index (κ2) is 6.88. The van der Waals surface area contributed by atoms with Gasteiger partial charge in [-0.15, -0.1) is 0 Å². The van der Waals surface area contributed by atoms with Gasteiger partial charge in [-0.3, -0.25) is 19.7 Å². The zero-order chi connectivity index (χ0) is 15.2. The number of benzene rings is 1. The Hall–Kier alpha value is -2.37. The van der Waals surface area contributed by atoms with E-state index in [1.54, 1.807) is 24.3 Å². The minimum absolute atomic E-state index is 0.0879. The number of methoxy groups -OCH3 is 1. The second-order valence-electron chi connectivity index (χ2n) is 4.84. The van der Waals surface area contributed by atoms with Crippen LogP contribution in [0.2, 0.25) is 0 Å². The number of amides is 2. The van der Waals surface area contributed by atoms with Gasteiger partial charge in [0.1, 0.15) is 5.75 Å². The van der Waals surface area contributed by atoms with E-state index in [9.17, 15) is 14.4 Å². The first-order valence-corrected chi connectivity index (χ1v) is 6.75. The molecule has 21 heavy (non-hydrogen) atoms. The Kier molecular flexibility index (Phi) is 4.92. The maximum absolute atomic E-state index is 11.8. The standard InChI is InChI=1S/C15H17NO5/c1-20-12-7-5-10(6-8-12)14(18)16-13(17)9-21-15(19)11-3-2-4-11/h5-8,11H,2-4,9H2,1H3,(H,16,17,18). The van der Waals surface area contributed by atoms with Crippen molar-refractivity contribution in [1.82, 2.24) is 5.32 Å². The van der Waals surface area contributed by atoms with E-state index in [2.05, 4.69) is 5.32 Å². The first kappa shape index (κ1) is 15.0. The molecule has 6 heteroatoms. The predicted molar refractivity (Wildman–Crippen MR) is 73.8 cm³/mol. The summed E-state index contributed by atoms with van der Waals surface area (Å²) in [5.41, 5.74) is 0.328. The van der Waals surface area contributed by atoms with Gasteiger partial charge in [0.25, 0.3) is 11.8 Å². The van der Waals surface area contributed by atoms with Crippen LogP contribution in [0.3, 0.4) is 0 Å². The minimum atomic E-state index is -0.636. The zero-order valence-electron chi connectivity index (χ0n) is 11.8. The summed E-state index contributed by atoms with van der Waals surface area (Å²) in [7, 11) is 1.52. The summed E-state index contributed by atoms with van der Waals surface area (Å²) in [6.45, 7) is -0.433. The Morgan fingerprint density at radius 3 is 2.38 bits per heavy atom. The number of hydrogen-bond acceptors (Lipinski definition) is 5. The monoisotopic (exact) mass is 291 g/mol. The molecule has 0 radical (unpaired) electrons. The minimum Gasteiger partial charge on any atom is -0.497 e. The van der Waals surface area contributed by atoms with Gasteiger partial charge in [-0.1, -0.05) is 6.42 Å². The lowest BCUT2D eigenvalue weighted by Crippen LogP contribution is -2.35. The summed E-state index contributed by atoms with van der Waals surface area (Å²) in [5.74, 6) is -1.01. The van der Waals surface area contributed by atoms with E-state index in [0.717, 1.165) is 19.3 Å². The highest BCUT2D eigenvalue weighted by atomic mass is 16.5. The first-order valence-electron chi connectivity index (χ1n) is 6.75. The average Bonchev–Trinajstić information content (AvgIpc) is 2.43. The number of hydrogen-bond donors (Lipinski definition) is 1. The van der Waals surface area contributed by atoms with Gasteiger partial charge in [0.05, 0.1) is 13.0 Å². The fourth-order valence-corrected chi connectivity index (χ4v) is 1.88. The van der Waals surface area contributed by atoms with E-state index < -0.39 is 18.4 Å². The number of ether oxygens (including phenoxy) is 2. The van der Waals surface area contributed by atoms with E-state index in [1.165, 1.54) is 7.11 Å². The van der Waals surface area contributed by atoms with Crippen molar-refractivity contribution >= 4 is 17.8 Å². The highest BCUT2D eigenvalue weighted by Crippen LogP contribution is 2.27. The quantitative estimate of drug-likeness (QED) is 0.827. The molecule has 0 aromatic heterocycles. The van der Waals surface area contributed by atoms with Crippen LogP contribution in [-0.4, -0.2) is 31.5 Å². The smallest absolute Gasteiger partial charge is 0.309 e. The molecule has 0 unspecified atom stereocenters. The molecule has 1 fully saturated rings. The fourth-order valence-electron chi connectivity index (χ4n) is 1.88. The average molecular weight is 291 g/mol. The summed E-state index contributed by atoms with van der Waals surface area (Å²) < 4.78 is 9.84. The van der Waals surface area contributed by atoms with Crippen LogP contribution >= 0.6 is 0 Å². The predicted octanol–water partition coefficient (Wildman–Crippen LogP) is 1.29. The van der Waals surface area contributed by atoms with Crippen molar-refractivity contribution in [2.45, 2.75) is 19.3 Å². The van der Waals surface area contributed by atoms with Crippen molar-refractivity contribution in [2.75, 3.05) is 13.7 Å². The summed E-state index contributed by atoms with van der Waals surface area (Å²) in [4.78, 5) is 34.8. The Bertz CT molecular complexity index is 533. The van der Waals surface area contributed by atoms with Gasteiger partial charge >= 0.3 is 5.97 Å². The molecule has 1 aromatic carbocycles. The number of esters is 1. The molecule has 2 rings (SSSR count). The largest absolute Gasteiger partial charge is 0.497 e. The summed E-state index contributed by atoms with van der Waals surface area (Å²) in [6, 6.07) is 6.33. The molecule has 1 aromatic rings. The van der Waals surface area contributed by atoms with Crippen molar-refractivity contribution < 1.29 is 23.9 Å². The lowest BCUT2D eigenvalue weighted by Gasteiger charge is -2.22. The third-order valence-electron chi connectivity index (χ3n) is 3.39. The van der Waals surface area contributed by atoms with Crippen molar-refractivity contribution in [3.05, 3.63) is 29.8 Å². The molecule has 0 spiro atoms. The number of rotatable bonds is 5. The lowest BCUT2D eigenvalue weighted by molar-refractivity contribution is -0.154. The van der Waals surface area contributed by atoms with Crippen molar-refractivity contribution in [2.24, 2.45) is 5.92 Å². The molecule has 0 bridgehead atoms. The Morgan fingerprint density at radius 2 is 1.86 bits per heavy atom. The van der Waals surface area contributed by atoms with E-state index in [0.29, 0.717) is 11.3 Å². The third-order valence-corrected chi connectivity index (χ3v) is 3.39. The van der Waals surface area contributed by atoms with Gasteiger partial charge in [-0.2, -0.15) is 0 Å². The normalized spacial score (nSPS) is 14.0. The lowest BCUT2D eigenvalue weighted by atomic mass is 9.86. The molecule has 0 atom stereocenters. The van der Waals surface area contributed by atoms with Crippen LogP contribution < -0.4 is 10.1 Å². The van der Waals surface area contributed by atoms with Crippen LogP contribution in [0.4, 0.5) is 0 Å².